The number of primary amides is 1. The number of aliphatic carboxylic acids is 1. The number of carbonyl (C=O) groups excluding carboxylic acids is 9. The van der Waals surface area contributed by atoms with Crippen LogP contribution in [0.5, 0.6) is 0 Å². The number of nitrogens with one attached hydrogen (secondary N) is 7. The van der Waals surface area contributed by atoms with E-state index < -0.39 is 127 Å². The number of ketones is 2. The molecule has 0 aliphatic carbocycles. The molecular formula is C50H70N14O11. The van der Waals surface area contributed by atoms with Crippen molar-refractivity contribution in [1.82, 2.24) is 36.9 Å². The Hall–Kier alpha value is -8.38. The first-order valence-electron chi connectivity index (χ1n) is 24.7. The highest BCUT2D eigenvalue weighted by molar-refractivity contribution is 6.00. The predicted octanol–water partition coefficient (Wildman–Crippen LogP) is -1.69. The Morgan fingerprint density at radius 1 is 0.733 bits per heavy atom. The van der Waals surface area contributed by atoms with Crippen LogP contribution < -0.4 is 60.6 Å². The van der Waals surface area contributed by atoms with E-state index in [4.69, 9.17) is 28.7 Å². The Balaban J connectivity index is 1.78. The quantitative estimate of drug-likeness (QED) is 0.0384. The fourth-order valence-electron chi connectivity index (χ4n) is 8.60. The number of guanidine groups is 2. The number of carboxylic acid groups (broad SMARTS) is 1. The minimum absolute atomic E-state index is 0.00303. The van der Waals surface area contributed by atoms with Gasteiger partial charge in [-0.05, 0) is 75.0 Å². The molecule has 1 aromatic heterocycles. The molecule has 75 heavy (non-hydrogen) atoms. The molecule has 7 atom stereocenters. The van der Waals surface area contributed by atoms with Gasteiger partial charge in [-0.1, -0.05) is 48.5 Å². The van der Waals surface area contributed by atoms with Gasteiger partial charge in [0.25, 0.3) is 0 Å². The predicted molar refractivity (Wildman–Crippen MR) is 276 cm³/mol. The molecule has 25 nitrogen and oxygen atoms in total. The van der Waals surface area contributed by atoms with Crippen LogP contribution in [0.2, 0.25) is 0 Å². The summed E-state index contributed by atoms with van der Waals surface area (Å²) in [7, 11) is 0. The van der Waals surface area contributed by atoms with Gasteiger partial charge in [0.05, 0.1) is 18.9 Å². The van der Waals surface area contributed by atoms with Gasteiger partial charge in [0.2, 0.25) is 41.4 Å². The zero-order chi connectivity index (χ0) is 55.0. The van der Waals surface area contributed by atoms with Crippen LogP contribution in [0.25, 0.3) is 10.9 Å². The van der Waals surface area contributed by atoms with Gasteiger partial charge in [0.15, 0.2) is 17.7 Å². The monoisotopic (exact) mass is 1040 g/mol. The zero-order valence-corrected chi connectivity index (χ0v) is 41.9. The van der Waals surface area contributed by atoms with Crippen molar-refractivity contribution in [3.05, 3.63) is 71.9 Å². The van der Waals surface area contributed by atoms with Crippen LogP contribution in [0.3, 0.4) is 0 Å². The number of aromatic nitrogens is 1. The summed E-state index contributed by atoms with van der Waals surface area (Å²) in [6.07, 6.45) is -0.168. The molecule has 0 spiro atoms. The molecule has 1 aliphatic heterocycles. The second-order valence-corrected chi connectivity index (χ2v) is 18.4. The number of hydrogen-bond acceptors (Lipinski definition) is 12. The first-order valence-corrected chi connectivity index (χ1v) is 24.7. The number of nitrogens with two attached hydrogens (primary N) is 5. The number of carbonyl (C=O) groups is 10. The lowest BCUT2D eigenvalue weighted by atomic mass is 9.83. The highest BCUT2D eigenvalue weighted by Crippen LogP contribution is 2.26. The van der Waals surface area contributed by atoms with Crippen molar-refractivity contribution in [2.24, 2.45) is 50.5 Å². The zero-order valence-electron chi connectivity index (χ0n) is 41.9. The summed E-state index contributed by atoms with van der Waals surface area (Å²) in [5.74, 6) is -11.4. The van der Waals surface area contributed by atoms with Gasteiger partial charge in [-0.3, -0.25) is 53.1 Å². The third-order valence-corrected chi connectivity index (χ3v) is 12.4. The summed E-state index contributed by atoms with van der Waals surface area (Å²) >= 11 is 0. The maximum absolute atomic E-state index is 14.7. The van der Waals surface area contributed by atoms with E-state index in [1.54, 1.807) is 36.5 Å². The number of hydrogen-bond donors (Lipinski definition) is 13. The molecule has 0 saturated carbocycles. The number of aromatic amines is 1. The average Bonchev–Trinajstić information content (AvgIpc) is 3.76. The number of aliphatic imine (C=N–C) groups is 2. The Morgan fingerprint density at radius 2 is 1.39 bits per heavy atom. The molecule has 1 saturated heterocycles. The van der Waals surface area contributed by atoms with Crippen LogP contribution in [0.15, 0.2) is 70.8 Å². The molecule has 3 aromatic rings. The number of Topliss-reactive ketones (excluding diaryl/α,β-unsaturated/α-hetero) is 2. The fraction of sp³-hybridized carbons (Fsp3) is 0.480. The van der Waals surface area contributed by atoms with E-state index in [0.29, 0.717) is 11.1 Å². The summed E-state index contributed by atoms with van der Waals surface area (Å²) in [4.78, 5) is 148. The number of H-pyrrole nitrogens is 1. The molecule has 4 rings (SSSR count). The Labute approximate surface area is 433 Å². The minimum atomic E-state index is -1.78. The number of carboxylic acids is 1. The van der Waals surface area contributed by atoms with Crippen LogP contribution in [0.4, 0.5) is 0 Å². The molecule has 2 aromatic carbocycles. The lowest BCUT2D eigenvalue weighted by molar-refractivity contribution is -0.143. The Kier molecular flexibility index (Phi) is 23.6. The van der Waals surface area contributed by atoms with Gasteiger partial charge in [0.1, 0.15) is 30.0 Å². The van der Waals surface area contributed by atoms with E-state index in [1.165, 1.54) is 0 Å². The van der Waals surface area contributed by atoms with E-state index in [0.717, 1.165) is 17.8 Å². The topological polar surface area (TPSA) is 434 Å². The molecule has 1 aliphatic rings. The average molecular weight is 1040 g/mol. The van der Waals surface area contributed by atoms with Crippen molar-refractivity contribution >= 4 is 81.7 Å². The van der Waals surface area contributed by atoms with Crippen LogP contribution >= 0.6 is 0 Å². The lowest BCUT2D eigenvalue weighted by Crippen LogP contribution is -2.59. The van der Waals surface area contributed by atoms with Gasteiger partial charge in [-0.25, -0.2) is 4.79 Å². The van der Waals surface area contributed by atoms with E-state index in [2.05, 4.69) is 46.9 Å². The van der Waals surface area contributed by atoms with Gasteiger partial charge < -0.3 is 70.7 Å². The number of fused-ring (bicyclic) bond motifs is 1. The van der Waals surface area contributed by atoms with E-state index >= 15 is 0 Å². The van der Waals surface area contributed by atoms with Crippen molar-refractivity contribution in [1.29, 1.82) is 0 Å². The number of amides is 7. The lowest BCUT2D eigenvalue weighted by Gasteiger charge is -2.27. The Bertz CT molecular complexity index is 2560. The molecule has 1 fully saturated rings. The highest BCUT2D eigenvalue weighted by atomic mass is 16.4. The molecule has 7 amide bonds. The SMILES string of the molecule is CC(=O)N[C@@H](CCCN=C(N)N)C(=O)N[C@H]1CC(=O)NCCCC[C@@H](C(=O)O)NC(=O)[C@H](Cc2c[nH]c3ccccc23)CC(=O)[C@H](CCCN=C(N)N)CC(=O)[C@@H](Cc2ccccc2)NC(=O)[C@H](CC(N)=O)NC1=O. The van der Waals surface area contributed by atoms with Crippen LogP contribution in [-0.4, -0.2) is 131 Å². The number of nitrogens with zero attached hydrogens (tertiary/aromatic N) is 2. The first kappa shape index (κ1) is 59.2. The van der Waals surface area contributed by atoms with Crippen molar-refractivity contribution < 1.29 is 53.1 Å². The fourth-order valence-corrected chi connectivity index (χ4v) is 8.60. The van der Waals surface area contributed by atoms with E-state index in [1.807, 2.05) is 24.3 Å². The molecular weight excluding hydrogens is 973 g/mol. The molecule has 18 N–H and O–H groups in total. The van der Waals surface area contributed by atoms with Crippen LogP contribution in [-0.2, 0) is 60.8 Å². The smallest absolute Gasteiger partial charge is 0.326 e. The van der Waals surface area contributed by atoms with Crippen molar-refractivity contribution in [2.75, 3.05) is 19.6 Å². The molecule has 0 unspecified atom stereocenters. The molecule has 0 radical (unpaired) electrons. The second kappa shape index (κ2) is 30.0. The first-order chi connectivity index (χ1) is 35.7. The highest BCUT2D eigenvalue weighted by Gasteiger charge is 2.36. The van der Waals surface area contributed by atoms with Crippen molar-refractivity contribution in [2.45, 2.75) is 121 Å². The van der Waals surface area contributed by atoms with Gasteiger partial charge >= 0.3 is 5.97 Å². The molecule has 25 heteroatoms. The third-order valence-electron chi connectivity index (χ3n) is 12.4. The van der Waals surface area contributed by atoms with Gasteiger partial charge in [-0.2, -0.15) is 0 Å². The van der Waals surface area contributed by atoms with Crippen molar-refractivity contribution in [3.63, 3.8) is 0 Å². The largest absolute Gasteiger partial charge is 0.480 e. The van der Waals surface area contributed by atoms with E-state index in [-0.39, 0.29) is 89.3 Å². The van der Waals surface area contributed by atoms with Crippen LogP contribution in [0, 0.1) is 11.8 Å². The molecule has 2 heterocycles. The normalized spacial score (nSPS) is 21.2. The summed E-state index contributed by atoms with van der Waals surface area (Å²) in [5.41, 5.74) is 29.6. The van der Waals surface area contributed by atoms with E-state index in [9.17, 15) is 53.1 Å². The molecule has 406 valence electrons. The number of para-hydroxylation sites is 1. The maximum atomic E-state index is 14.7. The number of rotatable bonds is 18. The summed E-state index contributed by atoms with van der Waals surface area (Å²) in [5, 5.41) is 26.2. The van der Waals surface area contributed by atoms with Gasteiger partial charge in [-0.15, -0.1) is 0 Å². The summed E-state index contributed by atoms with van der Waals surface area (Å²) < 4.78 is 0. The summed E-state index contributed by atoms with van der Waals surface area (Å²) in [6.45, 7) is 1.27. The van der Waals surface area contributed by atoms with Gasteiger partial charge in [0, 0.05) is 68.3 Å². The Morgan fingerprint density at radius 3 is 2.05 bits per heavy atom. The summed E-state index contributed by atoms with van der Waals surface area (Å²) in [6, 6.07) is 8.22. The minimum Gasteiger partial charge on any atom is -0.480 e. The van der Waals surface area contributed by atoms with Crippen molar-refractivity contribution in [3.8, 4) is 0 Å². The maximum Gasteiger partial charge on any atom is 0.326 e. The molecule has 0 bridgehead atoms. The number of benzene rings is 2. The third kappa shape index (κ3) is 20.6. The van der Waals surface area contributed by atoms with Crippen LogP contribution in [0.1, 0.15) is 88.7 Å². The second-order valence-electron chi connectivity index (χ2n) is 18.4. The standard InChI is InChI=1S/C50H70N14O11/c1-28(65)60-35(17-10-20-58-50(54)55)45(71)64-39-26-43(69)56-18-8-7-16-36(48(74)75)61-44(70)31(22-32-27-59-34-15-6-5-14-33(32)34)24-40(66)30(13-9-19-57-49(52)53)23-41(67)37(21-29-11-3-2-4-12-29)62-46(72)38(25-42(51)68)63-47(39)73/h2-6,11-12,14-15,27,30-31,35-39,59H,7-10,13,16-26H2,1H3,(H2,51,68)(H,56,69)(H,60,65)(H,61,70)(H,62,72)(H,63,73)(H,64,71)(H,74,75)(H4,52,53,57)(H4,54,55,58)/t30-,31-,35+,36+,37-,38+,39+/m1/s1.